The number of hydrogen-bond donors (Lipinski definition) is 0. The molecule has 2 rings (SSSR count). The lowest BCUT2D eigenvalue weighted by atomic mass is 10.0. The SMILES string of the molecule is CCc1cc(CC(=O)c2cnccc2C)n(CC)n1. The summed E-state index contributed by atoms with van der Waals surface area (Å²) in [4.78, 5) is 16.3. The maximum absolute atomic E-state index is 12.3. The molecule has 0 unspecified atom stereocenters. The average Bonchev–Trinajstić information content (AvgIpc) is 2.81. The maximum atomic E-state index is 12.3. The quantitative estimate of drug-likeness (QED) is 0.773. The van der Waals surface area contributed by atoms with Crippen molar-refractivity contribution >= 4 is 5.78 Å². The molecule has 0 spiro atoms. The predicted octanol–water partition coefficient (Wildman–Crippen LogP) is 2.59. The fraction of sp³-hybridized carbons (Fsp3) is 0.400. The van der Waals surface area contributed by atoms with Crippen LogP contribution in [0, 0.1) is 6.92 Å². The Morgan fingerprint density at radius 1 is 1.37 bits per heavy atom. The Morgan fingerprint density at radius 2 is 2.16 bits per heavy atom. The largest absolute Gasteiger partial charge is 0.294 e. The molecule has 0 aliphatic rings. The van der Waals surface area contributed by atoms with Gasteiger partial charge in [-0.2, -0.15) is 5.10 Å². The number of pyridine rings is 1. The Hall–Kier alpha value is -1.97. The van der Waals surface area contributed by atoms with Crippen LogP contribution in [-0.2, 0) is 19.4 Å². The second-order valence-electron chi connectivity index (χ2n) is 4.59. The molecule has 0 aliphatic heterocycles. The predicted molar refractivity (Wildman–Crippen MR) is 74.3 cm³/mol. The molecule has 0 aliphatic carbocycles. The first-order valence-electron chi connectivity index (χ1n) is 6.65. The molecule has 0 saturated carbocycles. The van der Waals surface area contributed by atoms with Gasteiger partial charge in [0.1, 0.15) is 0 Å². The second-order valence-corrected chi connectivity index (χ2v) is 4.59. The molecule has 0 radical (unpaired) electrons. The van der Waals surface area contributed by atoms with E-state index in [4.69, 9.17) is 0 Å². The topological polar surface area (TPSA) is 47.8 Å². The molecule has 2 heterocycles. The minimum absolute atomic E-state index is 0.0999. The van der Waals surface area contributed by atoms with E-state index in [0.717, 1.165) is 29.9 Å². The summed E-state index contributed by atoms with van der Waals surface area (Å²) in [6.45, 7) is 6.83. The minimum Gasteiger partial charge on any atom is -0.294 e. The number of nitrogens with zero attached hydrogens (tertiary/aromatic N) is 3. The lowest BCUT2D eigenvalue weighted by Gasteiger charge is -2.05. The van der Waals surface area contributed by atoms with Gasteiger partial charge < -0.3 is 0 Å². The first-order valence-corrected chi connectivity index (χ1v) is 6.65. The zero-order valence-electron chi connectivity index (χ0n) is 11.7. The summed E-state index contributed by atoms with van der Waals surface area (Å²) in [5, 5.41) is 4.47. The normalized spacial score (nSPS) is 10.7. The summed E-state index contributed by atoms with van der Waals surface area (Å²) in [6.07, 6.45) is 4.62. The molecule has 19 heavy (non-hydrogen) atoms. The Kier molecular flexibility index (Phi) is 4.10. The van der Waals surface area contributed by atoms with Gasteiger partial charge in [-0.05, 0) is 38.0 Å². The number of aryl methyl sites for hydroxylation is 3. The van der Waals surface area contributed by atoms with Crippen LogP contribution in [0.5, 0.6) is 0 Å². The van der Waals surface area contributed by atoms with E-state index in [1.165, 1.54) is 0 Å². The van der Waals surface area contributed by atoms with Crippen molar-refractivity contribution in [2.45, 2.75) is 40.2 Å². The van der Waals surface area contributed by atoms with E-state index in [9.17, 15) is 4.79 Å². The van der Waals surface area contributed by atoms with Crippen molar-refractivity contribution in [1.29, 1.82) is 0 Å². The van der Waals surface area contributed by atoms with E-state index >= 15 is 0 Å². The molecule has 0 aromatic carbocycles. The van der Waals surface area contributed by atoms with Gasteiger partial charge in [-0.15, -0.1) is 0 Å². The highest BCUT2D eigenvalue weighted by molar-refractivity contribution is 5.98. The van der Waals surface area contributed by atoms with Gasteiger partial charge in [-0.3, -0.25) is 14.5 Å². The molecule has 0 N–H and O–H groups in total. The Balaban J connectivity index is 2.24. The lowest BCUT2D eigenvalue weighted by Crippen LogP contribution is -2.11. The molecule has 0 bridgehead atoms. The van der Waals surface area contributed by atoms with Crippen LogP contribution in [0.2, 0.25) is 0 Å². The summed E-state index contributed by atoms with van der Waals surface area (Å²) in [7, 11) is 0. The summed E-state index contributed by atoms with van der Waals surface area (Å²) in [5.74, 6) is 0.0999. The molecular formula is C15H19N3O. The zero-order chi connectivity index (χ0) is 13.8. The monoisotopic (exact) mass is 257 g/mol. The molecule has 2 aromatic heterocycles. The van der Waals surface area contributed by atoms with Gasteiger partial charge in [0.2, 0.25) is 0 Å². The number of rotatable bonds is 5. The fourth-order valence-corrected chi connectivity index (χ4v) is 2.12. The lowest BCUT2D eigenvalue weighted by molar-refractivity contribution is 0.0989. The third kappa shape index (κ3) is 2.89. The van der Waals surface area contributed by atoms with Gasteiger partial charge in [0.25, 0.3) is 0 Å². The third-order valence-electron chi connectivity index (χ3n) is 3.26. The maximum Gasteiger partial charge on any atom is 0.170 e. The van der Waals surface area contributed by atoms with Gasteiger partial charge in [-0.1, -0.05) is 6.92 Å². The van der Waals surface area contributed by atoms with Crippen LogP contribution < -0.4 is 0 Å². The average molecular weight is 257 g/mol. The van der Waals surface area contributed by atoms with Crippen LogP contribution in [0.4, 0.5) is 0 Å². The van der Waals surface area contributed by atoms with Crippen molar-refractivity contribution in [2.24, 2.45) is 0 Å². The van der Waals surface area contributed by atoms with Crippen LogP contribution in [0.15, 0.2) is 24.5 Å². The number of carbonyl (C=O) groups is 1. The van der Waals surface area contributed by atoms with Gasteiger partial charge in [0, 0.05) is 30.2 Å². The summed E-state index contributed by atoms with van der Waals surface area (Å²) < 4.78 is 1.91. The summed E-state index contributed by atoms with van der Waals surface area (Å²) >= 11 is 0. The highest BCUT2D eigenvalue weighted by Gasteiger charge is 2.14. The molecule has 0 saturated heterocycles. The van der Waals surface area contributed by atoms with Crippen molar-refractivity contribution < 1.29 is 4.79 Å². The molecule has 2 aromatic rings. The van der Waals surface area contributed by atoms with Crippen LogP contribution >= 0.6 is 0 Å². The Labute approximate surface area is 113 Å². The van der Waals surface area contributed by atoms with E-state index in [0.29, 0.717) is 12.0 Å². The molecule has 4 heteroatoms. The molecular weight excluding hydrogens is 238 g/mol. The molecule has 0 fully saturated rings. The van der Waals surface area contributed by atoms with Crippen molar-refractivity contribution in [3.05, 3.63) is 47.0 Å². The number of hydrogen-bond acceptors (Lipinski definition) is 3. The molecule has 4 nitrogen and oxygen atoms in total. The van der Waals surface area contributed by atoms with Crippen molar-refractivity contribution in [3.8, 4) is 0 Å². The first kappa shape index (κ1) is 13.5. The minimum atomic E-state index is 0.0999. The molecule has 0 amide bonds. The van der Waals surface area contributed by atoms with E-state index in [1.54, 1.807) is 12.4 Å². The van der Waals surface area contributed by atoms with E-state index in [-0.39, 0.29) is 5.78 Å². The number of aromatic nitrogens is 3. The number of carbonyl (C=O) groups excluding carboxylic acids is 1. The fourth-order valence-electron chi connectivity index (χ4n) is 2.12. The van der Waals surface area contributed by atoms with E-state index in [1.807, 2.05) is 30.7 Å². The first-order chi connectivity index (χ1) is 9.15. The smallest absolute Gasteiger partial charge is 0.170 e. The van der Waals surface area contributed by atoms with Gasteiger partial charge >= 0.3 is 0 Å². The van der Waals surface area contributed by atoms with Crippen LogP contribution in [0.3, 0.4) is 0 Å². The van der Waals surface area contributed by atoms with Crippen LogP contribution in [0.1, 0.15) is 41.2 Å². The number of Topliss-reactive ketones (excluding diaryl/α,β-unsaturated/α-hetero) is 1. The Bertz CT molecular complexity index is 587. The highest BCUT2D eigenvalue weighted by atomic mass is 16.1. The van der Waals surface area contributed by atoms with Gasteiger partial charge in [-0.25, -0.2) is 0 Å². The van der Waals surface area contributed by atoms with Crippen molar-refractivity contribution in [2.75, 3.05) is 0 Å². The highest BCUT2D eigenvalue weighted by Crippen LogP contribution is 2.12. The van der Waals surface area contributed by atoms with Crippen LogP contribution in [0.25, 0.3) is 0 Å². The number of ketones is 1. The summed E-state index contributed by atoms with van der Waals surface area (Å²) in [6, 6.07) is 3.88. The molecule has 0 atom stereocenters. The third-order valence-corrected chi connectivity index (χ3v) is 3.26. The van der Waals surface area contributed by atoms with Crippen molar-refractivity contribution in [3.63, 3.8) is 0 Å². The molecule has 100 valence electrons. The van der Waals surface area contributed by atoms with Gasteiger partial charge in [0.15, 0.2) is 5.78 Å². The van der Waals surface area contributed by atoms with E-state index in [2.05, 4.69) is 17.0 Å². The van der Waals surface area contributed by atoms with Crippen LogP contribution in [-0.4, -0.2) is 20.5 Å². The van der Waals surface area contributed by atoms with E-state index < -0.39 is 0 Å². The van der Waals surface area contributed by atoms with Crippen molar-refractivity contribution in [1.82, 2.24) is 14.8 Å². The Morgan fingerprint density at radius 3 is 2.79 bits per heavy atom. The zero-order valence-corrected chi connectivity index (χ0v) is 11.7. The standard InChI is InChI=1S/C15H19N3O/c1-4-12-8-13(18(5-2)17-12)9-15(19)14-10-16-7-6-11(14)3/h6-8,10H,4-5,9H2,1-3H3. The second kappa shape index (κ2) is 5.78. The van der Waals surface area contributed by atoms with Gasteiger partial charge in [0.05, 0.1) is 12.1 Å². The summed E-state index contributed by atoms with van der Waals surface area (Å²) in [5.41, 5.74) is 3.68.